The van der Waals surface area contributed by atoms with Gasteiger partial charge in [-0.2, -0.15) is 0 Å². The van der Waals surface area contributed by atoms with Crippen LogP contribution in [0.3, 0.4) is 0 Å². The lowest BCUT2D eigenvalue weighted by molar-refractivity contribution is -0.00795. The van der Waals surface area contributed by atoms with Crippen molar-refractivity contribution < 1.29 is 8.78 Å². The molecule has 0 saturated heterocycles. The van der Waals surface area contributed by atoms with E-state index in [1.165, 1.54) is 18.2 Å². The minimum Gasteiger partial charge on any atom is -0.319 e. The van der Waals surface area contributed by atoms with Crippen LogP contribution in [0.2, 0.25) is 0 Å². The zero-order valence-corrected chi connectivity index (χ0v) is 7.78. The summed E-state index contributed by atoms with van der Waals surface area (Å²) >= 11 is 0. The second-order valence-electron chi connectivity index (χ2n) is 2.31. The second kappa shape index (κ2) is 6.14. The van der Waals surface area contributed by atoms with Crippen molar-refractivity contribution in [3.8, 4) is 0 Å². The summed E-state index contributed by atoms with van der Waals surface area (Å²) in [6.45, 7) is 4.89. The molecule has 1 unspecified atom stereocenters. The fraction of sp³-hybridized carbons (Fsp3) is 0.500. The van der Waals surface area contributed by atoms with Crippen molar-refractivity contribution in [3.05, 3.63) is 24.8 Å². The van der Waals surface area contributed by atoms with Gasteiger partial charge in [0.05, 0.1) is 6.04 Å². The lowest BCUT2D eigenvalue weighted by atomic mass is 10.1. The van der Waals surface area contributed by atoms with E-state index in [-0.39, 0.29) is 18.8 Å². The molecule has 0 heterocycles. The predicted octanol–water partition coefficient (Wildman–Crippen LogP) is 2.52. The molecule has 0 spiro atoms. The van der Waals surface area contributed by atoms with Crippen LogP contribution in [-0.4, -0.2) is 12.0 Å². The Hall–Kier alpha value is -0.410. The van der Waals surface area contributed by atoms with Crippen molar-refractivity contribution in [1.29, 1.82) is 0 Å². The van der Waals surface area contributed by atoms with Gasteiger partial charge in [-0.15, -0.1) is 19.0 Å². The van der Waals surface area contributed by atoms with Crippen LogP contribution in [0.1, 0.15) is 13.3 Å². The Morgan fingerprint density at radius 3 is 2.42 bits per heavy atom. The number of nitrogens with two attached hydrogens (primary N) is 1. The van der Waals surface area contributed by atoms with Gasteiger partial charge in [-0.05, 0) is 6.92 Å². The zero-order chi connectivity index (χ0) is 8.91. The van der Waals surface area contributed by atoms with Crippen molar-refractivity contribution in [2.24, 2.45) is 5.73 Å². The van der Waals surface area contributed by atoms with Crippen LogP contribution in [-0.2, 0) is 0 Å². The third-order valence-electron chi connectivity index (χ3n) is 1.30. The molecule has 0 aliphatic heterocycles. The third-order valence-corrected chi connectivity index (χ3v) is 1.30. The maximum absolute atomic E-state index is 12.8. The molecule has 0 aliphatic rings. The first-order chi connectivity index (χ1) is 5.04. The van der Waals surface area contributed by atoms with Crippen LogP contribution in [0.25, 0.3) is 0 Å². The summed E-state index contributed by atoms with van der Waals surface area (Å²) in [5.74, 6) is -2.87. The number of allylic oxidation sites excluding steroid dienone is 2. The summed E-state index contributed by atoms with van der Waals surface area (Å²) in [4.78, 5) is 0. The third kappa shape index (κ3) is 4.46. The van der Waals surface area contributed by atoms with E-state index in [0.717, 1.165) is 0 Å². The monoisotopic (exact) mass is 197 g/mol. The van der Waals surface area contributed by atoms with E-state index in [0.29, 0.717) is 0 Å². The van der Waals surface area contributed by atoms with Gasteiger partial charge in [0.15, 0.2) is 0 Å². The molecule has 12 heavy (non-hydrogen) atoms. The minimum absolute atomic E-state index is 0. The smallest absolute Gasteiger partial charge is 0.269 e. The van der Waals surface area contributed by atoms with Crippen LogP contribution in [0.4, 0.5) is 8.78 Å². The topological polar surface area (TPSA) is 26.0 Å². The molecule has 0 rings (SSSR count). The Balaban J connectivity index is 0. The summed E-state index contributed by atoms with van der Waals surface area (Å²) < 4.78 is 25.5. The number of hydrogen-bond donors (Lipinski definition) is 1. The number of halogens is 3. The van der Waals surface area contributed by atoms with E-state index in [2.05, 4.69) is 6.58 Å². The van der Waals surface area contributed by atoms with E-state index < -0.39 is 12.0 Å². The first-order valence-electron chi connectivity index (χ1n) is 3.41. The first-order valence-corrected chi connectivity index (χ1v) is 3.41. The molecule has 0 aromatic carbocycles. The molecule has 0 bridgehead atoms. The van der Waals surface area contributed by atoms with Gasteiger partial charge in [0, 0.05) is 6.42 Å². The number of hydrogen-bond acceptors (Lipinski definition) is 1. The maximum Gasteiger partial charge on any atom is 0.269 e. The Morgan fingerprint density at radius 1 is 1.58 bits per heavy atom. The molecule has 0 fully saturated rings. The summed E-state index contributed by atoms with van der Waals surface area (Å²) in [5, 5.41) is 0. The van der Waals surface area contributed by atoms with Gasteiger partial charge < -0.3 is 5.73 Å². The minimum atomic E-state index is -2.87. The van der Waals surface area contributed by atoms with Gasteiger partial charge >= 0.3 is 0 Å². The van der Waals surface area contributed by atoms with Crippen molar-refractivity contribution in [2.75, 3.05) is 0 Å². The average molecular weight is 198 g/mol. The second-order valence-corrected chi connectivity index (χ2v) is 2.31. The largest absolute Gasteiger partial charge is 0.319 e. The summed E-state index contributed by atoms with van der Waals surface area (Å²) in [6, 6.07) is -1.20. The highest BCUT2D eigenvalue weighted by Gasteiger charge is 2.33. The van der Waals surface area contributed by atoms with E-state index >= 15 is 0 Å². The fourth-order valence-electron chi connectivity index (χ4n) is 0.677. The molecule has 72 valence electrons. The highest BCUT2D eigenvalue weighted by atomic mass is 35.5. The van der Waals surface area contributed by atoms with Crippen LogP contribution < -0.4 is 5.73 Å². The van der Waals surface area contributed by atoms with Crippen LogP contribution in [0.5, 0.6) is 0 Å². The Labute approximate surface area is 77.7 Å². The molecule has 0 aromatic heterocycles. The maximum atomic E-state index is 12.8. The quantitative estimate of drug-likeness (QED) is 0.689. The molecule has 2 N–H and O–H groups in total. The molecule has 1 nitrogen and oxygen atoms in total. The van der Waals surface area contributed by atoms with E-state index in [4.69, 9.17) is 5.73 Å². The lowest BCUT2D eigenvalue weighted by Crippen LogP contribution is -2.38. The van der Waals surface area contributed by atoms with Gasteiger partial charge in [0.2, 0.25) is 0 Å². The molecule has 0 saturated carbocycles. The van der Waals surface area contributed by atoms with Gasteiger partial charge in [-0.25, -0.2) is 8.78 Å². The highest BCUT2D eigenvalue weighted by Crippen LogP contribution is 2.22. The summed E-state index contributed by atoms with van der Waals surface area (Å²) in [7, 11) is 0. The summed E-state index contributed by atoms with van der Waals surface area (Å²) in [6.07, 6.45) is 3.59. The zero-order valence-electron chi connectivity index (χ0n) is 6.97. The van der Waals surface area contributed by atoms with Crippen LogP contribution >= 0.6 is 12.4 Å². The molecule has 4 heteroatoms. The Bertz CT molecular complexity index is 157. The average Bonchev–Trinajstić information content (AvgIpc) is 1.88. The van der Waals surface area contributed by atoms with E-state index in [1.807, 2.05) is 0 Å². The van der Waals surface area contributed by atoms with Crippen LogP contribution in [0.15, 0.2) is 24.8 Å². The van der Waals surface area contributed by atoms with Gasteiger partial charge in [0.1, 0.15) is 0 Å². The van der Waals surface area contributed by atoms with Crippen molar-refractivity contribution >= 4 is 12.4 Å². The normalized spacial score (nSPS) is 14.0. The standard InChI is InChI=1S/C8H13F2N.ClH/c1-3-5-7(11)8(9,10)6-4-2;/h3-5,7H,2,6,11H2,1H3;1H. The number of alkyl halides is 2. The molecule has 1 atom stereocenters. The van der Waals surface area contributed by atoms with E-state index in [9.17, 15) is 8.78 Å². The number of rotatable bonds is 4. The molecule has 0 amide bonds. The summed E-state index contributed by atoms with van der Waals surface area (Å²) in [5.41, 5.74) is 5.16. The first kappa shape index (κ1) is 14.1. The molecule has 0 radical (unpaired) electrons. The van der Waals surface area contributed by atoms with Crippen molar-refractivity contribution in [2.45, 2.75) is 25.3 Å². The van der Waals surface area contributed by atoms with Gasteiger partial charge in [0.25, 0.3) is 5.92 Å². The lowest BCUT2D eigenvalue weighted by Gasteiger charge is -2.18. The van der Waals surface area contributed by atoms with Gasteiger partial charge in [-0.1, -0.05) is 18.2 Å². The van der Waals surface area contributed by atoms with Gasteiger partial charge in [-0.3, -0.25) is 0 Å². The molecular formula is C8H14ClF2N. The van der Waals surface area contributed by atoms with Crippen molar-refractivity contribution in [3.63, 3.8) is 0 Å². The van der Waals surface area contributed by atoms with Crippen molar-refractivity contribution in [1.82, 2.24) is 0 Å². The highest BCUT2D eigenvalue weighted by molar-refractivity contribution is 5.85. The Morgan fingerprint density at radius 2 is 2.08 bits per heavy atom. The molecule has 0 aromatic rings. The molecule has 0 aliphatic carbocycles. The fourth-order valence-corrected chi connectivity index (χ4v) is 0.677. The molecular weight excluding hydrogens is 184 g/mol. The van der Waals surface area contributed by atoms with Crippen LogP contribution in [0, 0.1) is 0 Å². The SMILES string of the molecule is C=CCC(F)(F)C(N)C=CC.Cl. The predicted molar refractivity (Wildman–Crippen MR) is 49.8 cm³/mol. The van der Waals surface area contributed by atoms with E-state index in [1.54, 1.807) is 6.92 Å². The Kier molecular flexibility index (Phi) is 7.24.